The lowest BCUT2D eigenvalue weighted by Gasteiger charge is -2.12. The van der Waals surface area contributed by atoms with Crippen LogP contribution >= 0.6 is 67.8 Å². The minimum Gasteiger partial charge on any atom is -0.487 e. The topological polar surface area (TPSA) is 62.1 Å². The lowest BCUT2D eigenvalue weighted by atomic mass is 10.1. The van der Waals surface area contributed by atoms with Gasteiger partial charge < -0.3 is 10.1 Å². The summed E-state index contributed by atoms with van der Waals surface area (Å²) in [6, 6.07) is 24.2. The second-order valence-corrected chi connectivity index (χ2v) is 10.8. The Morgan fingerprint density at radius 1 is 0.970 bits per heavy atom. The molecule has 0 aliphatic rings. The number of halogens is 3. The quantitative estimate of drug-likeness (QED) is 0.114. The van der Waals surface area contributed by atoms with Gasteiger partial charge in [-0.05, 0) is 128 Å². The van der Waals surface area contributed by atoms with Crippen LogP contribution in [-0.4, -0.2) is 12.5 Å². The Morgan fingerprint density at radius 3 is 2.27 bits per heavy atom. The van der Waals surface area contributed by atoms with Gasteiger partial charge in [-0.25, -0.2) is 0 Å². The van der Waals surface area contributed by atoms with E-state index in [-0.39, 0.29) is 11.5 Å². The zero-order valence-electron chi connectivity index (χ0n) is 17.7. The van der Waals surface area contributed by atoms with Gasteiger partial charge in [0.1, 0.15) is 24.0 Å². The molecule has 0 aliphatic heterocycles. The van der Waals surface area contributed by atoms with E-state index in [4.69, 9.17) is 4.74 Å². The molecule has 0 radical (unpaired) electrons. The maximum absolute atomic E-state index is 12.5. The van der Waals surface area contributed by atoms with Crippen molar-refractivity contribution in [3.8, 4) is 11.8 Å². The van der Waals surface area contributed by atoms with Crippen LogP contribution < -0.4 is 10.1 Å². The van der Waals surface area contributed by atoms with Gasteiger partial charge in [-0.2, -0.15) is 5.26 Å². The highest BCUT2D eigenvalue weighted by Crippen LogP contribution is 2.30. The van der Waals surface area contributed by atoms with Crippen molar-refractivity contribution in [2.24, 2.45) is 0 Å². The molecule has 0 saturated carbocycles. The van der Waals surface area contributed by atoms with Crippen LogP contribution in [0.15, 0.2) is 72.3 Å². The third-order valence-corrected chi connectivity index (χ3v) is 7.09. The standard InChI is InChI=1S/C26H21I3N2O2/c27-22-10-8-19(9-11-22)17-33-25-23(28)14-20(15-24(25)29)13-21(16-30)26(32)31-12-4-7-18-5-2-1-3-6-18/h1-3,5-6,8-11,13-15H,4,7,12,17H2,(H,31,32)/b21-13-. The summed E-state index contributed by atoms with van der Waals surface area (Å²) in [5.41, 5.74) is 3.22. The van der Waals surface area contributed by atoms with Crippen molar-refractivity contribution in [2.75, 3.05) is 6.54 Å². The monoisotopic (exact) mass is 774 g/mol. The molecule has 0 aromatic heterocycles. The molecule has 0 heterocycles. The Bertz CT molecular complexity index is 1150. The third-order valence-electron chi connectivity index (χ3n) is 4.76. The summed E-state index contributed by atoms with van der Waals surface area (Å²) in [7, 11) is 0. The molecule has 1 amide bonds. The molecule has 3 aromatic carbocycles. The lowest BCUT2D eigenvalue weighted by molar-refractivity contribution is -0.117. The zero-order valence-corrected chi connectivity index (χ0v) is 24.1. The van der Waals surface area contributed by atoms with E-state index in [2.05, 4.69) is 109 Å². The third kappa shape index (κ3) is 8.26. The molecule has 0 spiro atoms. The highest BCUT2D eigenvalue weighted by molar-refractivity contribution is 14.1. The molecule has 33 heavy (non-hydrogen) atoms. The van der Waals surface area contributed by atoms with Gasteiger partial charge in [0.25, 0.3) is 5.91 Å². The van der Waals surface area contributed by atoms with E-state index in [0.717, 1.165) is 36.9 Å². The fraction of sp³-hybridized carbons (Fsp3) is 0.154. The SMILES string of the molecule is N#C/C(=C/c1cc(I)c(OCc2ccc(I)cc2)c(I)c1)C(=O)NCCCc1ccccc1. The summed E-state index contributed by atoms with van der Waals surface area (Å²) in [5.74, 6) is 0.449. The number of nitrogens with zero attached hydrogens (tertiary/aromatic N) is 1. The minimum atomic E-state index is -0.352. The van der Waals surface area contributed by atoms with Crippen LogP contribution in [0.5, 0.6) is 5.75 Å². The minimum absolute atomic E-state index is 0.0915. The number of amides is 1. The van der Waals surface area contributed by atoms with Gasteiger partial charge in [-0.15, -0.1) is 0 Å². The molecule has 0 atom stereocenters. The fourth-order valence-corrected chi connectivity index (χ4v) is 5.57. The number of carbonyl (C=O) groups excluding carboxylic acids is 1. The Balaban J connectivity index is 1.60. The van der Waals surface area contributed by atoms with E-state index in [9.17, 15) is 10.1 Å². The maximum Gasteiger partial charge on any atom is 0.261 e. The van der Waals surface area contributed by atoms with E-state index in [1.54, 1.807) is 6.08 Å². The smallest absolute Gasteiger partial charge is 0.261 e. The number of ether oxygens (including phenoxy) is 1. The molecule has 0 unspecified atom stereocenters. The van der Waals surface area contributed by atoms with Crippen molar-refractivity contribution in [3.63, 3.8) is 0 Å². The summed E-state index contributed by atoms with van der Waals surface area (Å²) in [6.45, 7) is 1.00. The fourth-order valence-electron chi connectivity index (χ4n) is 3.09. The van der Waals surface area contributed by atoms with Gasteiger partial charge in [0.05, 0.1) is 7.14 Å². The number of aryl methyl sites for hydroxylation is 1. The van der Waals surface area contributed by atoms with Gasteiger partial charge in [-0.1, -0.05) is 42.5 Å². The van der Waals surface area contributed by atoms with Crippen LogP contribution in [0.4, 0.5) is 0 Å². The second kappa shape index (κ2) is 13.3. The number of hydrogen-bond acceptors (Lipinski definition) is 3. The molecule has 4 nitrogen and oxygen atoms in total. The van der Waals surface area contributed by atoms with E-state index in [0.29, 0.717) is 13.2 Å². The second-order valence-electron chi connectivity index (χ2n) is 7.24. The first-order valence-corrected chi connectivity index (χ1v) is 13.5. The molecule has 3 rings (SSSR count). The van der Waals surface area contributed by atoms with E-state index >= 15 is 0 Å². The van der Waals surface area contributed by atoms with E-state index in [1.807, 2.05) is 36.4 Å². The molecular formula is C26H21I3N2O2. The normalized spacial score (nSPS) is 11.0. The molecule has 0 fully saturated rings. The number of nitriles is 1. The lowest BCUT2D eigenvalue weighted by Crippen LogP contribution is -2.25. The zero-order chi connectivity index (χ0) is 23.6. The number of hydrogen-bond donors (Lipinski definition) is 1. The van der Waals surface area contributed by atoms with Crippen molar-refractivity contribution in [2.45, 2.75) is 19.4 Å². The molecule has 0 saturated heterocycles. The number of carbonyl (C=O) groups is 1. The first-order valence-electron chi connectivity index (χ1n) is 10.3. The molecule has 0 aliphatic carbocycles. The van der Waals surface area contributed by atoms with Crippen LogP contribution in [0.2, 0.25) is 0 Å². The van der Waals surface area contributed by atoms with E-state index < -0.39 is 0 Å². The predicted molar refractivity (Wildman–Crippen MR) is 157 cm³/mol. The maximum atomic E-state index is 12.5. The molecule has 1 N–H and O–H groups in total. The van der Waals surface area contributed by atoms with Gasteiger partial charge in [0.15, 0.2) is 0 Å². The van der Waals surface area contributed by atoms with E-state index in [1.165, 1.54) is 9.13 Å². The average Bonchev–Trinajstić information content (AvgIpc) is 2.81. The Morgan fingerprint density at radius 2 is 1.64 bits per heavy atom. The van der Waals surface area contributed by atoms with Gasteiger partial charge in [0, 0.05) is 10.1 Å². The van der Waals surface area contributed by atoms with Crippen LogP contribution in [0.1, 0.15) is 23.1 Å². The molecular weight excluding hydrogens is 753 g/mol. The van der Waals surface area contributed by atoms with Crippen molar-refractivity contribution >= 4 is 79.8 Å². The van der Waals surface area contributed by atoms with Crippen molar-refractivity contribution in [1.82, 2.24) is 5.32 Å². The Labute approximate surface area is 235 Å². The summed E-state index contributed by atoms with van der Waals surface area (Å²) in [4.78, 5) is 12.5. The number of benzene rings is 3. The Hall–Kier alpha value is -1.65. The molecule has 3 aromatic rings. The van der Waals surface area contributed by atoms with Crippen molar-refractivity contribution in [1.29, 1.82) is 5.26 Å². The number of nitrogens with one attached hydrogen (secondary N) is 1. The first kappa shape index (κ1) is 26.0. The predicted octanol–water partition coefficient (Wildman–Crippen LogP) is 6.74. The molecule has 0 bridgehead atoms. The van der Waals surface area contributed by atoms with Gasteiger partial charge in [0.2, 0.25) is 0 Å². The summed E-state index contributed by atoms with van der Waals surface area (Å²) in [5, 5.41) is 12.4. The summed E-state index contributed by atoms with van der Waals surface area (Å²) in [6.07, 6.45) is 3.32. The highest BCUT2D eigenvalue weighted by atomic mass is 127. The van der Waals surface area contributed by atoms with Crippen LogP contribution in [-0.2, 0) is 17.8 Å². The van der Waals surface area contributed by atoms with Gasteiger partial charge in [-0.3, -0.25) is 4.79 Å². The van der Waals surface area contributed by atoms with Crippen molar-refractivity contribution < 1.29 is 9.53 Å². The summed E-state index contributed by atoms with van der Waals surface area (Å²) >= 11 is 6.73. The molecule has 168 valence electrons. The Kier molecular flexibility index (Phi) is 10.5. The van der Waals surface area contributed by atoms with Crippen LogP contribution in [0.25, 0.3) is 6.08 Å². The summed E-state index contributed by atoms with van der Waals surface area (Å²) < 4.78 is 9.09. The highest BCUT2D eigenvalue weighted by Gasteiger charge is 2.12. The average molecular weight is 774 g/mol. The van der Waals surface area contributed by atoms with Gasteiger partial charge >= 0.3 is 0 Å². The molecule has 7 heteroatoms. The van der Waals surface area contributed by atoms with Crippen LogP contribution in [0.3, 0.4) is 0 Å². The van der Waals surface area contributed by atoms with Crippen LogP contribution in [0, 0.1) is 22.0 Å². The number of rotatable bonds is 9. The van der Waals surface area contributed by atoms with Crippen molar-refractivity contribution in [3.05, 3.63) is 99.7 Å². The largest absolute Gasteiger partial charge is 0.487 e. The first-order chi connectivity index (χ1) is 16.0.